The molecule has 1 fully saturated rings. The van der Waals surface area contributed by atoms with Crippen molar-refractivity contribution >= 4 is 11.6 Å². The minimum Gasteiger partial charge on any atom is -0.491 e. The van der Waals surface area contributed by atoms with Gasteiger partial charge in [0.25, 0.3) is 5.91 Å². The van der Waals surface area contributed by atoms with E-state index in [1.54, 1.807) is 24.3 Å². The fraction of sp³-hybridized carbons (Fsp3) is 0.278. The van der Waals surface area contributed by atoms with Crippen LogP contribution < -0.4 is 10.1 Å². The van der Waals surface area contributed by atoms with Gasteiger partial charge in [0.2, 0.25) is 0 Å². The molecule has 1 atom stereocenters. The monoisotopic (exact) mass is 333 g/mol. The van der Waals surface area contributed by atoms with E-state index in [1.165, 1.54) is 0 Å². The lowest BCUT2D eigenvalue weighted by Gasteiger charge is -2.12. The van der Waals surface area contributed by atoms with Crippen molar-refractivity contribution in [1.82, 2.24) is 0 Å². The molecule has 4 nitrogen and oxygen atoms in total. The van der Waals surface area contributed by atoms with Crippen LogP contribution in [0.15, 0.2) is 42.5 Å². The van der Waals surface area contributed by atoms with E-state index in [-0.39, 0.29) is 11.7 Å². The zero-order valence-electron chi connectivity index (χ0n) is 12.9. The number of hydrogen-bond acceptors (Lipinski definition) is 3. The molecule has 0 spiro atoms. The van der Waals surface area contributed by atoms with Crippen molar-refractivity contribution in [3.63, 3.8) is 0 Å². The van der Waals surface area contributed by atoms with Crippen molar-refractivity contribution in [1.29, 1.82) is 0 Å². The smallest absolute Gasteiger partial charge is 0.258 e. The van der Waals surface area contributed by atoms with E-state index in [9.17, 15) is 13.6 Å². The zero-order chi connectivity index (χ0) is 16.9. The molecule has 126 valence electrons. The zero-order valence-corrected chi connectivity index (χ0v) is 12.9. The molecule has 1 N–H and O–H groups in total. The summed E-state index contributed by atoms with van der Waals surface area (Å²) < 4.78 is 37.7. The highest BCUT2D eigenvalue weighted by Gasteiger charge is 2.16. The van der Waals surface area contributed by atoms with Crippen molar-refractivity contribution in [3.8, 4) is 5.75 Å². The van der Waals surface area contributed by atoms with Gasteiger partial charge in [0.15, 0.2) is 0 Å². The predicted molar refractivity (Wildman–Crippen MR) is 85.2 cm³/mol. The van der Waals surface area contributed by atoms with Crippen LogP contribution in [0.2, 0.25) is 0 Å². The molecule has 2 aromatic carbocycles. The van der Waals surface area contributed by atoms with Crippen LogP contribution in [0.3, 0.4) is 0 Å². The Hall–Kier alpha value is -2.47. The lowest BCUT2D eigenvalue weighted by Crippen LogP contribution is -2.16. The van der Waals surface area contributed by atoms with E-state index in [4.69, 9.17) is 9.47 Å². The lowest BCUT2D eigenvalue weighted by molar-refractivity contribution is 0.0680. The van der Waals surface area contributed by atoms with Crippen LogP contribution in [-0.2, 0) is 4.74 Å². The second kappa shape index (κ2) is 7.40. The summed E-state index contributed by atoms with van der Waals surface area (Å²) in [6.45, 7) is 1.21. The Labute approximate surface area is 138 Å². The van der Waals surface area contributed by atoms with E-state index in [0.29, 0.717) is 24.1 Å². The fourth-order valence-corrected chi connectivity index (χ4v) is 2.50. The van der Waals surface area contributed by atoms with E-state index in [2.05, 4.69) is 5.32 Å². The molecule has 2 aromatic rings. The molecule has 0 aromatic heterocycles. The maximum atomic E-state index is 13.6. The first-order chi connectivity index (χ1) is 11.6. The van der Waals surface area contributed by atoms with Gasteiger partial charge in [0.05, 0.1) is 11.7 Å². The van der Waals surface area contributed by atoms with Crippen molar-refractivity contribution < 1.29 is 23.0 Å². The van der Waals surface area contributed by atoms with Gasteiger partial charge in [-0.1, -0.05) is 6.07 Å². The third-order valence-electron chi connectivity index (χ3n) is 3.73. The van der Waals surface area contributed by atoms with E-state index >= 15 is 0 Å². The van der Waals surface area contributed by atoms with Crippen molar-refractivity contribution in [2.75, 3.05) is 18.5 Å². The number of carbonyl (C=O) groups is 1. The average Bonchev–Trinajstić information content (AvgIpc) is 3.06. The lowest BCUT2D eigenvalue weighted by atomic mass is 10.2. The van der Waals surface area contributed by atoms with Crippen LogP contribution in [0.1, 0.15) is 23.2 Å². The maximum Gasteiger partial charge on any atom is 0.258 e. The van der Waals surface area contributed by atoms with Gasteiger partial charge in [-0.3, -0.25) is 4.79 Å². The number of carbonyl (C=O) groups excluding carboxylic acids is 1. The number of halogens is 2. The molecule has 3 rings (SSSR count). The van der Waals surface area contributed by atoms with Crippen LogP contribution in [0, 0.1) is 11.6 Å². The highest BCUT2D eigenvalue weighted by Crippen LogP contribution is 2.21. The number of hydrogen-bond donors (Lipinski definition) is 1. The molecule has 0 aliphatic carbocycles. The molecule has 0 unspecified atom stereocenters. The van der Waals surface area contributed by atoms with Crippen molar-refractivity contribution in [2.45, 2.75) is 18.9 Å². The molecule has 1 saturated heterocycles. The molecular weight excluding hydrogens is 316 g/mol. The normalized spacial score (nSPS) is 16.8. The first-order valence-corrected chi connectivity index (χ1v) is 7.73. The Morgan fingerprint density at radius 3 is 2.88 bits per heavy atom. The summed E-state index contributed by atoms with van der Waals surface area (Å²) in [6, 6.07) is 9.63. The Bertz CT molecular complexity index is 730. The highest BCUT2D eigenvalue weighted by atomic mass is 19.1. The molecule has 0 saturated carbocycles. The largest absolute Gasteiger partial charge is 0.491 e. The first kappa shape index (κ1) is 16.4. The third-order valence-corrected chi connectivity index (χ3v) is 3.73. The number of anilines is 1. The summed E-state index contributed by atoms with van der Waals surface area (Å²) in [5, 5.41) is 2.57. The summed E-state index contributed by atoms with van der Waals surface area (Å²) in [6.07, 6.45) is 2.10. The molecule has 0 bridgehead atoms. The number of ether oxygens (including phenoxy) is 2. The summed E-state index contributed by atoms with van der Waals surface area (Å²) >= 11 is 0. The van der Waals surface area contributed by atoms with Gasteiger partial charge in [0.1, 0.15) is 24.0 Å². The Kier molecular flexibility index (Phi) is 5.05. The topological polar surface area (TPSA) is 47.6 Å². The van der Waals surface area contributed by atoms with Crippen LogP contribution in [-0.4, -0.2) is 25.2 Å². The minimum atomic E-state index is -0.904. The van der Waals surface area contributed by atoms with Gasteiger partial charge in [-0.25, -0.2) is 8.78 Å². The van der Waals surface area contributed by atoms with Gasteiger partial charge in [-0.05, 0) is 37.1 Å². The van der Waals surface area contributed by atoms with E-state index < -0.39 is 17.5 Å². The highest BCUT2D eigenvalue weighted by molar-refractivity contribution is 6.04. The first-order valence-electron chi connectivity index (χ1n) is 7.73. The number of benzene rings is 2. The second-order valence-electron chi connectivity index (χ2n) is 5.55. The van der Waals surface area contributed by atoms with Gasteiger partial charge in [-0.2, -0.15) is 0 Å². The van der Waals surface area contributed by atoms with Crippen LogP contribution in [0.4, 0.5) is 14.5 Å². The van der Waals surface area contributed by atoms with Crippen LogP contribution in [0.5, 0.6) is 5.75 Å². The van der Waals surface area contributed by atoms with E-state index in [1.807, 2.05) is 0 Å². The molecule has 6 heteroatoms. The van der Waals surface area contributed by atoms with Crippen LogP contribution >= 0.6 is 0 Å². The standard InChI is InChI=1S/C18H17F2NO3/c19-12-6-7-16(17(20)9-12)18(22)21-13-3-1-4-14(10-13)24-11-15-5-2-8-23-15/h1,3-4,6-7,9-10,15H,2,5,8,11H2,(H,21,22)/t15-/m0/s1. The molecule has 24 heavy (non-hydrogen) atoms. The molecule has 1 aliphatic heterocycles. The third kappa shape index (κ3) is 4.08. The summed E-state index contributed by atoms with van der Waals surface area (Å²) in [5.41, 5.74) is 0.246. The Morgan fingerprint density at radius 1 is 1.25 bits per heavy atom. The maximum absolute atomic E-state index is 13.6. The minimum absolute atomic E-state index is 0.0940. The van der Waals surface area contributed by atoms with Crippen molar-refractivity contribution in [3.05, 3.63) is 59.7 Å². The number of nitrogens with one attached hydrogen (secondary N) is 1. The fourth-order valence-electron chi connectivity index (χ4n) is 2.50. The SMILES string of the molecule is O=C(Nc1cccc(OC[C@@H]2CCCO2)c1)c1ccc(F)cc1F. The Morgan fingerprint density at radius 2 is 2.12 bits per heavy atom. The molecule has 1 heterocycles. The van der Waals surface area contributed by atoms with Crippen molar-refractivity contribution in [2.24, 2.45) is 0 Å². The number of amides is 1. The summed E-state index contributed by atoms with van der Waals surface area (Å²) in [7, 11) is 0. The van der Waals surface area contributed by atoms with Gasteiger partial charge in [0, 0.05) is 24.4 Å². The van der Waals surface area contributed by atoms with Crippen LogP contribution in [0.25, 0.3) is 0 Å². The second-order valence-corrected chi connectivity index (χ2v) is 5.55. The predicted octanol–water partition coefficient (Wildman–Crippen LogP) is 3.77. The molecule has 0 radical (unpaired) electrons. The number of rotatable bonds is 5. The summed E-state index contributed by atoms with van der Waals surface area (Å²) in [5.74, 6) is -1.70. The average molecular weight is 333 g/mol. The summed E-state index contributed by atoms with van der Waals surface area (Å²) in [4.78, 5) is 12.1. The van der Waals surface area contributed by atoms with Gasteiger partial charge < -0.3 is 14.8 Å². The van der Waals surface area contributed by atoms with Gasteiger partial charge >= 0.3 is 0 Å². The van der Waals surface area contributed by atoms with E-state index in [0.717, 1.165) is 31.6 Å². The molecule has 1 aliphatic rings. The molecular formula is C18H17F2NO3. The quantitative estimate of drug-likeness (QED) is 0.906. The Balaban J connectivity index is 1.64. The van der Waals surface area contributed by atoms with Gasteiger partial charge in [-0.15, -0.1) is 0 Å². The molecule has 1 amide bonds.